The molecule has 0 bridgehead atoms. The highest BCUT2D eigenvalue weighted by molar-refractivity contribution is 6.16. The second-order valence-electron chi connectivity index (χ2n) is 4.54. The molecule has 114 valence electrons. The number of amides is 1. The van der Waals surface area contributed by atoms with Crippen molar-refractivity contribution in [3.8, 4) is 0 Å². The van der Waals surface area contributed by atoms with Crippen LogP contribution in [0.3, 0.4) is 0 Å². The molecule has 21 heavy (non-hydrogen) atoms. The van der Waals surface area contributed by atoms with E-state index in [2.05, 4.69) is 4.98 Å². The van der Waals surface area contributed by atoms with Crippen LogP contribution in [-0.4, -0.2) is 33.4 Å². The lowest BCUT2D eigenvalue weighted by atomic mass is 10.3. The van der Waals surface area contributed by atoms with Crippen LogP contribution in [0.5, 0.6) is 0 Å². The Bertz CT molecular complexity index is 668. The zero-order chi connectivity index (χ0) is 15.6. The van der Waals surface area contributed by atoms with E-state index in [1.54, 1.807) is 4.90 Å². The fourth-order valence-corrected chi connectivity index (χ4v) is 2.49. The molecule has 0 N–H and O–H groups in total. The van der Waals surface area contributed by atoms with Gasteiger partial charge in [-0.2, -0.15) is 0 Å². The van der Waals surface area contributed by atoms with Crippen LogP contribution < -0.4 is 0 Å². The smallest absolute Gasteiger partial charge is 0.242 e. The molecular weight excluding hydrogens is 300 g/mol. The number of aromatic nitrogens is 2. The molecule has 4 nitrogen and oxygen atoms in total. The summed E-state index contributed by atoms with van der Waals surface area (Å²) < 4.78 is 28.8. The highest BCUT2D eigenvalue weighted by Crippen LogP contribution is 2.23. The van der Waals surface area contributed by atoms with Gasteiger partial charge < -0.3 is 9.47 Å². The number of carbonyl (C=O) groups is 1. The predicted molar refractivity (Wildman–Crippen MR) is 77.1 cm³/mol. The average Bonchev–Trinajstić information content (AvgIpc) is 2.83. The lowest BCUT2D eigenvalue weighted by molar-refractivity contribution is -0.131. The van der Waals surface area contributed by atoms with Gasteiger partial charge in [0.2, 0.25) is 5.91 Å². The fourth-order valence-electron chi connectivity index (χ4n) is 2.29. The largest absolute Gasteiger partial charge is 0.342 e. The zero-order valence-electron chi connectivity index (χ0n) is 11.9. The monoisotopic (exact) mass is 315 g/mol. The van der Waals surface area contributed by atoms with Gasteiger partial charge in [-0.3, -0.25) is 4.79 Å². The van der Waals surface area contributed by atoms with E-state index in [4.69, 9.17) is 11.6 Å². The van der Waals surface area contributed by atoms with Crippen molar-refractivity contribution in [3.05, 3.63) is 29.6 Å². The summed E-state index contributed by atoms with van der Waals surface area (Å²) in [6, 6.07) is 2.39. The highest BCUT2D eigenvalue weighted by Gasteiger charge is 2.20. The maximum atomic E-state index is 14.0. The lowest BCUT2D eigenvalue weighted by Crippen LogP contribution is -2.33. The molecule has 7 heteroatoms. The third kappa shape index (κ3) is 2.85. The summed E-state index contributed by atoms with van der Waals surface area (Å²) in [5.74, 6) is -1.81. The van der Waals surface area contributed by atoms with Crippen LogP contribution in [0.15, 0.2) is 12.1 Å². The summed E-state index contributed by atoms with van der Waals surface area (Å²) in [5, 5.41) is 0. The van der Waals surface area contributed by atoms with Crippen LogP contribution in [0, 0.1) is 11.6 Å². The van der Waals surface area contributed by atoms with Crippen molar-refractivity contribution in [1.29, 1.82) is 0 Å². The second kappa shape index (κ2) is 6.39. The van der Waals surface area contributed by atoms with Crippen LogP contribution in [0.4, 0.5) is 8.78 Å². The number of alkyl halides is 1. The summed E-state index contributed by atoms with van der Waals surface area (Å²) >= 11 is 5.80. The Morgan fingerprint density at radius 1 is 1.33 bits per heavy atom. The summed E-state index contributed by atoms with van der Waals surface area (Å²) in [6.45, 7) is 4.71. The average molecular weight is 316 g/mol. The van der Waals surface area contributed by atoms with Crippen molar-refractivity contribution >= 4 is 28.5 Å². The zero-order valence-corrected chi connectivity index (χ0v) is 12.6. The number of rotatable bonds is 5. The molecule has 0 saturated carbocycles. The minimum Gasteiger partial charge on any atom is -0.342 e. The number of hydrogen-bond acceptors (Lipinski definition) is 2. The van der Waals surface area contributed by atoms with Crippen LogP contribution in [0.1, 0.15) is 19.7 Å². The molecule has 0 aliphatic heterocycles. The van der Waals surface area contributed by atoms with Crippen molar-refractivity contribution < 1.29 is 13.6 Å². The Hall–Kier alpha value is -1.69. The molecular formula is C14H16ClF2N3O. The minimum atomic E-state index is -1.01. The molecule has 0 unspecified atom stereocenters. The second-order valence-corrected chi connectivity index (χ2v) is 4.81. The third-order valence-electron chi connectivity index (χ3n) is 3.41. The van der Waals surface area contributed by atoms with Gasteiger partial charge in [-0.1, -0.05) is 0 Å². The molecule has 0 spiro atoms. The molecule has 2 aromatic rings. The van der Waals surface area contributed by atoms with Crippen LogP contribution in [0.2, 0.25) is 0 Å². The van der Waals surface area contributed by atoms with E-state index in [-0.39, 0.29) is 29.4 Å². The van der Waals surface area contributed by atoms with E-state index in [0.29, 0.717) is 18.9 Å². The van der Waals surface area contributed by atoms with Crippen LogP contribution in [0.25, 0.3) is 11.0 Å². The van der Waals surface area contributed by atoms with Gasteiger partial charge in [0.15, 0.2) is 11.6 Å². The van der Waals surface area contributed by atoms with Gasteiger partial charge in [-0.05, 0) is 26.0 Å². The van der Waals surface area contributed by atoms with Crippen LogP contribution in [-0.2, 0) is 17.2 Å². The standard InChI is InChI=1S/C14H16ClF2N3O/c1-3-19(4-2)12(21)8-20-11(7-15)18-10-6-5-9(16)13(17)14(10)20/h5-6H,3-4,7-8H2,1-2H3. The van der Waals surface area contributed by atoms with Gasteiger partial charge >= 0.3 is 0 Å². The number of benzene rings is 1. The molecule has 1 aromatic carbocycles. The van der Waals surface area contributed by atoms with Crippen molar-refractivity contribution in [1.82, 2.24) is 14.5 Å². The van der Waals surface area contributed by atoms with Gasteiger partial charge in [-0.15, -0.1) is 11.6 Å². The first-order valence-corrected chi connectivity index (χ1v) is 7.23. The topological polar surface area (TPSA) is 38.1 Å². The van der Waals surface area contributed by atoms with Crippen molar-refractivity contribution in [2.24, 2.45) is 0 Å². The van der Waals surface area contributed by atoms with E-state index < -0.39 is 11.6 Å². The lowest BCUT2D eigenvalue weighted by Gasteiger charge is -2.19. The Morgan fingerprint density at radius 2 is 2.00 bits per heavy atom. The number of hydrogen-bond donors (Lipinski definition) is 0. The van der Waals surface area contributed by atoms with E-state index >= 15 is 0 Å². The number of fused-ring (bicyclic) bond motifs is 1. The third-order valence-corrected chi connectivity index (χ3v) is 3.65. The molecule has 0 saturated heterocycles. The minimum absolute atomic E-state index is 0.0151. The predicted octanol–water partition coefficient (Wildman–Crippen LogP) is 2.92. The molecule has 0 radical (unpaired) electrons. The van der Waals surface area contributed by atoms with Crippen LogP contribution >= 0.6 is 11.6 Å². The maximum Gasteiger partial charge on any atom is 0.242 e. The van der Waals surface area contributed by atoms with Crippen molar-refractivity contribution in [2.45, 2.75) is 26.3 Å². The molecule has 0 fully saturated rings. The van der Waals surface area contributed by atoms with E-state index in [0.717, 1.165) is 6.07 Å². The number of carbonyl (C=O) groups excluding carboxylic acids is 1. The highest BCUT2D eigenvalue weighted by atomic mass is 35.5. The van der Waals surface area contributed by atoms with E-state index in [1.807, 2.05) is 13.8 Å². The summed E-state index contributed by atoms with van der Waals surface area (Å²) in [4.78, 5) is 18.0. The van der Waals surface area contributed by atoms with Crippen molar-refractivity contribution in [2.75, 3.05) is 13.1 Å². The molecule has 2 rings (SSSR count). The summed E-state index contributed by atoms with van der Waals surface area (Å²) in [5.41, 5.74) is 0.267. The Kier molecular flexibility index (Phi) is 4.77. The van der Waals surface area contributed by atoms with Gasteiger partial charge in [0, 0.05) is 13.1 Å². The van der Waals surface area contributed by atoms with Crippen molar-refractivity contribution in [3.63, 3.8) is 0 Å². The van der Waals surface area contributed by atoms with Gasteiger partial charge in [-0.25, -0.2) is 13.8 Å². The Labute approximate surface area is 126 Å². The van der Waals surface area contributed by atoms with Gasteiger partial charge in [0.25, 0.3) is 0 Å². The number of nitrogens with zero attached hydrogens (tertiary/aromatic N) is 3. The van der Waals surface area contributed by atoms with E-state index in [9.17, 15) is 13.6 Å². The SMILES string of the molecule is CCN(CC)C(=O)Cn1c(CCl)nc2ccc(F)c(F)c21. The van der Waals surface area contributed by atoms with Gasteiger partial charge in [0.1, 0.15) is 17.9 Å². The first-order chi connectivity index (χ1) is 10.0. The number of halogens is 3. The molecule has 0 atom stereocenters. The first kappa shape index (κ1) is 15.7. The normalized spacial score (nSPS) is 11.1. The summed E-state index contributed by atoms with van der Waals surface area (Å²) in [7, 11) is 0. The molecule has 1 aromatic heterocycles. The summed E-state index contributed by atoms with van der Waals surface area (Å²) in [6.07, 6.45) is 0. The maximum absolute atomic E-state index is 14.0. The fraction of sp³-hybridized carbons (Fsp3) is 0.429. The first-order valence-electron chi connectivity index (χ1n) is 6.70. The number of likely N-dealkylation sites (N-methyl/N-ethyl adjacent to an activating group) is 1. The van der Waals surface area contributed by atoms with E-state index in [1.165, 1.54) is 10.6 Å². The molecule has 1 heterocycles. The Morgan fingerprint density at radius 3 is 2.57 bits per heavy atom. The van der Waals surface area contributed by atoms with Gasteiger partial charge in [0.05, 0.1) is 11.4 Å². The number of imidazole rings is 1. The molecule has 1 amide bonds. The quantitative estimate of drug-likeness (QED) is 0.796. The molecule has 0 aliphatic rings. The molecule has 0 aliphatic carbocycles. The Balaban J connectivity index is 2.51.